The van der Waals surface area contributed by atoms with Gasteiger partial charge in [-0.1, -0.05) is 18.2 Å². The van der Waals surface area contributed by atoms with Crippen molar-refractivity contribution < 1.29 is 14.8 Å². The lowest BCUT2D eigenvalue weighted by molar-refractivity contribution is -0.699. The van der Waals surface area contributed by atoms with E-state index in [9.17, 15) is 9.90 Å². The van der Waals surface area contributed by atoms with E-state index in [1.54, 1.807) is 18.0 Å². The molecule has 2 aliphatic rings. The third kappa shape index (κ3) is 4.41. The number of benzene rings is 1. The first-order chi connectivity index (χ1) is 14.0. The van der Waals surface area contributed by atoms with Gasteiger partial charge in [0.2, 0.25) is 11.7 Å². The smallest absolute Gasteiger partial charge is 0.233 e. The molecule has 1 atom stereocenters. The van der Waals surface area contributed by atoms with Gasteiger partial charge < -0.3 is 9.90 Å². The number of carbonyl (C=O) groups is 1. The highest BCUT2D eigenvalue weighted by atomic mass is 32.2. The summed E-state index contributed by atoms with van der Waals surface area (Å²) < 4.78 is 2.11. The van der Waals surface area contributed by atoms with Gasteiger partial charge in [0.05, 0.1) is 18.4 Å². The number of hydrogen-bond acceptors (Lipinski definition) is 7. The average Bonchev–Trinajstić information content (AvgIpc) is 3.32. The van der Waals surface area contributed by atoms with Gasteiger partial charge in [0.25, 0.3) is 0 Å². The summed E-state index contributed by atoms with van der Waals surface area (Å²) in [6.45, 7) is 4.16. The van der Waals surface area contributed by atoms with Gasteiger partial charge in [0.1, 0.15) is 12.7 Å². The van der Waals surface area contributed by atoms with Gasteiger partial charge >= 0.3 is 0 Å². The van der Waals surface area contributed by atoms with Gasteiger partial charge in [0.15, 0.2) is 5.82 Å². The highest BCUT2D eigenvalue weighted by Gasteiger charge is 2.31. The summed E-state index contributed by atoms with van der Waals surface area (Å²) >= 11 is 1.58. The molecule has 1 unspecified atom stereocenters. The maximum atomic E-state index is 10.9. The second-order valence-corrected chi connectivity index (χ2v) is 7.88. The number of carbonyl (C=O) groups excluding carboxylic acids is 1. The Labute approximate surface area is 172 Å². The molecule has 0 bridgehead atoms. The van der Waals surface area contributed by atoms with Crippen molar-refractivity contribution in [3.05, 3.63) is 71.6 Å². The summed E-state index contributed by atoms with van der Waals surface area (Å²) in [5, 5.41) is 21.4. The molecule has 9 heteroatoms. The van der Waals surface area contributed by atoms with Crippen molar-refractivity contribution in [2.75, 3.05) is 11.9 Å². The van der Waals surface area contributed by atoms with E-state index in [2.05, 4.69) is 24.8 Å². The Hall–Kier alpha value is -3.30. The molecule has 29 heavy (non-hydrogen) atoms. The first kappa shape index (κ1) is 19.0. The van der Waals surface area contributed by atoms with E-state index in [1.807, 2.05) is 55.9 Å². The van der Waals surface area contributed by atoms with Crippen LogP contribution in [0.25, 0.3) is 6.08 Å². The van der Waals surface area contributed by atoms with Crippen LogP contribution in [0.3, 0.4) is 0 Å². The van der Waals surface area contributed by atoms with E-state index < -0.39 is 5.97 Å². The van der Waals surface area contributed by atoms with Crippen molar-refractivity contribution in [1.82, 2.24) is 14.5 Å². The maximum Gasteiger partial charge on any atom is 0.233 e. The van der Waals surface area contributed by atoms with Crippen molar-refractivity contribution in [2.24, 2.45) is 4.99 Å². The third-order valence-electron chi connectivity index (χ3n) is 4.43. The Morgan fingerprint density at radius 1 is 1.38 bits per heavy atom. The number of carboxylic acid groups (broad SMARTS) is 1. The van der Waals surface area contributed by atoms with Crippen LogP contribution < -0.4 is 15.3 Å². The standard InChI is InChI=1S/C20H20N6O2S/c1-13(20(27)28)9-15-3-5-16(6-4-15)29-25-11-18-21-7-8-26(18)19(12-25)22-17-10-14(2)23-24-17/h3-10,12H,11H2,1-2H3,(H,27,28)(H2,22,23,24)/b13-9+. The van der Waals surface area contributed by atoms with Gasteiger partial charge in [0, 0.05) is 16.7 Å². The fraction of sp³-hybridized carbons (Fsp3) is 0.150. The molecule has 0 radical (unpaired) electrons. The minimum atomic E-state index is -1.16. The molecular weight excluding hydrogens is 388 g/mol. The molecular formula is C20H20N6O2S. The molecule has 0 saturated heterocycles. The first-order valence-electron chi connectivity index (χ1n) is 9.04. The molecule has 0 spiro atoms. The quantitative estimate of drug-likeness (QED) is 0.485. The summed E-state index contributed by atoms with van der Waals surface area (Å²) in [6, 6.07) is 9.65. The van der Waals surface area contributed by atoms with Gasteiger partial charge in [-0.05, 0) is 49.1 Å². The molecule has 0 saturated carbocycles. The SMILES string of the molecule is C/C(=C\c1ccc(SN2C=C(Nc3cc(C)[nH]n3)[NH+]3C=CN=C3C2)cc1)C(=O)[O-]. The summed E-state index contributed by atoms with van der Waals surface area (Å²) in [4.78, 5) is 17.4. The molecule has 0 fully saturated rings. The highest BCUT2D eigenvalue weighted by molar-refractivity contribution is 7.97. The number of aromatic nitrogens is 2. The molecule has 4 rings (SSSR count). The zero-order chi connectivity index (χ0) is 20.4. The maximum absolute atomic E-state index is 10.9. The predicted molar refractivity (Wildman–Crippen MR) is 110 cm³/mol. The average molecular weight is 408 g/mol. The molecule has 2 aliphatic heterocycles. The van der Waals surface area contributed by atoms with Gasteiger partial charge in [-0.2, -0.15) is 5.10 Å². The molecule has 1 aromatic heterocycles. The van der Waals surface area contributed by atoms with Gasteiger partial charge in [-0.3, -0.25) is 14.7 Å². The fourth-order valence-electron chi connectivity index (χ4n) is 2.99. The Balaban J connectivity index is 1.50. The van der Waals surface area contributed by atoms with Crippen LogP contribution in [0.1, 0.15) is 18.2 Å². The lowest BCUT2D eigenvalue weighted by atomic mass is 10.1. The number of nitrogens with one attached hydrogen (secondary N) is 3. The van der Waals surface area contributed by atoms with Gasteiger partial charge in [-0.25, -0.2) is 9.89 Å². The van der Waals surface area contributed by atoms with Crippen molar-refractivity contribution in [2.45, 2.75) is 18.7 Å². The molecule has 148 valence electrons. The summed E-state index contributed by atoms with van der Waals surface area (Å²) in [5.41, 5.74) is 2.00. The number of aliphatic imine (C=N–C) groups is 1. The van der Waals surface area contributed by atoms with Crippen molar-refractivity contribution >= 4 is 35.6 Å². The van der Waals surface area contributed by atoms with Crippen molar-refractivity contribution in [1.29, 1.82) is 0 Å². The molecule has 2 aromatic rings. The number of nitrogens with zero attached hydrogens (tertiary/aromatic N) is 3. The number of anilines is 1. The monoisotopic (exact) mass is 408 g/mol. The first-order valence-corrected chi connectivity index (χ1v) is 9.81. The number of amidine groups is 1. The number of aliphatic carboxylic acids is 1. The normalized spacial score (nSPS) is 18.3. The molecule has 3 heterocycles. The molecule has 0 aliphatic carbocycles. The zero-order valence-corrected chi connectivity index (χ0v) is 16.8. The van der Waals surface area contributed by atoms with E-state index in [0.29, 0.717) is 6.54 Å². The van der Waals surface area contributed by atoms with E-state index in [0.717, 1.165) is 38.5 Å². The summed E-state index contributed by atoms with van der Waals surface area (Å²) in [5.74, 6) is 1.53. The largest absolute Gasteiger partial charge is 0.545 e. The number of quaternary nitrogens is 1. The number of aryl methyl sites for hydroxylation is 1. The summed E-state index contributed by atoms with van der Waals surface area (Å²) in [7, 11) is 0. The number of rotatable bonds is 6. The van der Waals surface area contributed by atoms with E-state index >= 15 is 0 Å². The van der Waals surface area contributed by atoms with Crippen molar-refractivity contribution in [3.63, 3.8) is 0 Å². The Bertz CT molecular complexity index is 1050. The number of hydrogen-bond donors (Lipinski definition) is 3. The van der Waals surface area contributed by atoms with Crippen LogP contribution in [0.2, 0.25) is 0 Å². The lowest BCUT2D eigenvalue weighted by Crippen LogP contribution is -3.10. The van der Waals surface area contributed by atoms with E-state index in [4.69, 9.17) is 0 Å². The number of aromatic amines is 1. The van der Waals surface area contributed by atoms with Crippen molar-refractivity contribution in [3.8, 4) is 0 Å². The Kier molecular flexibility index (Phi) is 5.24. The van der Waals surface area contributed by atoms with Crippen LogP contribution in [-0.2, 0) is 4.79 Å². The lowest BCUT2D eigenvalue weighted by Gasteiger charge is -2.27. The third-order valence-corrected chi connectivity index (χ3v) is 5.38. The molecule has 0 amide bonds. The van der Waals surface area contributed by atoms with Crippen LogP contribution in [0.15, 0.2) is 70.2 Å². The summed E-state index contributed by atoms with van der Waals surface area (Å²) in [6.07, 6.45) is 7.45. The van der Waals surface area contributed by atoms with Gasteiger partial charge in [-0.15, -0.1) is 0 Å². The zero-order valence-electron chi connectivity index (χ0n) is 16.0. The minimum absolute atomic E-state index is 0.198. The number of fused-ring (bicyclic) bond motifs is 1. The molecule has 3 N–H and O–H groups in total. The molecule has 1 aromatic carbocycles. The second-order valence-electron chi connectivity index (χ2n) is 6.76. The Morgan fingerprint density at radius 2 is 2.17 bits per heavy atom. The van der Waals surface area contributed by atoms with Crippen LogP contribution in [0.4, 0.5) is 5.82 Å². The fourth-order valence-corrected chi connectivity index (χ4v) is 3.87. The van der Waals surface area contributed by atoms with Crippen LogP contribution in [-0.4, -0.2) is 32.9 Å². The van der Waals surface area contributed by atoms with Crippen LogP contribution >= 0.6 is 11.9 Å². The number of carboxylic acids is 1. The minimum Gasteiger partial charge on any atom is -0.545 e. The van der Waals surface area contributed by atoms with Crippen LogP contribution in [0.5, 0.6) is 0 Å². The van der Waals surface area contributed by atoms with Crippen LogP contribution in [0, 0.1) is 6.92 Å². The molecule has 8 nitrogen and oxygen atoms in total. The predicted octanol–water partition coefficient (Wildman–Crippen LogP) is 0.873. The van der Waals surface area contributed by atoms with E-state index in [-0.39, 0.29) is 5.57 Å². The number of H-pyrrole nitrogens is 1. The topological polar surface area (TPSA) is 101 Å². The Morgan fingerprint density at radius 3 is 2.86 bits per heavy atom. The van der Waals surface area contributed by atoms with E-state index in [1.165, 1.54) is 6.92 Å². The highest BCUT2D eigenvalue weighted by Crippen LogP contribution is 2.25. The second kappa shape index (κ2) is 7.98.